The number of rotatable bonds is 16. The Morgan fingerprint density at radius 3 is 1.95 bits per heavy atom. The summed E-state index contributed by atoms with van der Waals surface area (Å²) in [5.41, 5.74) is 2.31. The number of hydrogen-bond donors (Lipinski definition) is 2. The van der Waals surface area contributed by atoms with Crippen LogP contribution in [0.2, 0.25) is 0 Å². The molecule has 10 heteroatoms. The maximum Gasteiger partial charge on any atom is 0.341 e. The molecule has 9 nitrogen and oxygen atoms in total. The monoisotopic (exact) mass is 617 g/mol. The van der Waals surface area contributed by atoms with Crippen LogP contribution in [0.4, 0.5) is 10.7 Å². The Labute approximate surface area is 262 Å². The number of hydrogen-bond acceptors (Lipinski definition) is 7. The van der Waals surface area contributed by atoms with Crippen molar-refractivity contribution in [2.45, 2.75) is 71.6 Å². The molecule has 232 valence electrons. The van der Waals surface area contributed by atoms with Crippen LogP contribution in [-0.4, -0.2) is 47.6 Å². The minimum absolute atomic E-state index is 0.180. The molecule has 4 amide bonds. The van der Waals surface area contributed by atoms with E-state index in [1.54, 1.807) is 50.2 Å². The molecule has 4 rings (SSSR count). The highest BCUT2D eigenvalue weighted by Crippen LogP contribution is 2.34. The third-order valence-electron chi connectivity index (χ3n) is 7.53. The lowest BCUT2D eigenvalue weighted by atomic mass is 10.1. The van der Waals surface area contributed by atoms with Gasteiger partial charge in [-0.25, -0.2) is 4.79 Å². The first-order chi connectivity index (χ1) is 21.3. The Hall–Kier alpha value is -4.31. The zero-order valence-electron chi connectivity index (χ0n) is 25.3. The highest BCUT2D eigenvalue weighted by molar-refractivity contribution is 7.19. The first-order valence-corrected chi connectivity index (χ1v) is 16.1. The van der Waals surface area contributed by atoms with Crippen molar-refractivity contribution >= 4 is 51.6 Å². The van der Waals surface area contributed by atoms with Gasteiger partial charge in [0, 0.05) is 18.7 Å². The van der Waals surface area contributed by atoms with E-state index in [9.17, 15) is 24.0 Å². The van der Waals surface area contributed by atoms with Crippen LogP contribution < -0.4 is 10.6 Å². The Bertz CT molecular complexity index is 1460. The lowest BCUT2D eigenvalue weighted by Crippen LogP contribution is -2.30. The van der Waals surface area contributed by atoms with Gasteiger partial charge in [-0.15, -0.1) is 11.3 Å². The van der Waals surface area contributed by atoms with Crippen LogP contribution in [0.25, 0.3) is 0 Å². The van der Waals surface area contributed by atoms with Crippen LogP contribution in [-0.2, 0) is 9.53 Å². The van der Waals surface area contributed by atoms with Gasteiger partial charge in [0.15, 0.2) is 0 Å². The Morgan fingerprint density at radius 2 is 1.34 bits per heavy atom. The quantitative estimate of drug-likeness (QED) is 0.0993. The number of carbonyl (C=O) groups is 5. The van der Waals surface area contributed by atoms with Crippen LogP contribution in [0.15, 0.2) is 54.6 Å². The first kappa shape index (κ1) is 32.6. The zero-order chi connectivity index (χ0) is 31.5. The van der Waals surface area contributed by atoms with E-state index in [2.05, 4.69) is 10.6 Å². The second kappa shape index (κ2) is 16.0. The summed E-state index contributed by atoms with van der Waals surface area (Å²) < 4.78 is 5.20. The summed E-state index contributed by atoms with van der Waals surface area (Å²) in [5.74, 6) is -1.53. The molecule has 0 atom stereocenters. The van der Waals surface area contributed by atoms with E-state index in [1.165, 1.54) is 4.90 Å². The molecular formula is C34H39N3O6S. The second-order valence-electron chi connectivity index (χ2n) is 10.7. The predicted molar refractivity (Wildman–Crippen MR) is 171 cm³/mol. The second-order valence-corrected chi connectivity index (χ2v) is 11.8. The third-order valence-corrected chi connectivity index (χ3v) is 8.74. The minimum atomic E-state index is -0.570. The number of thiophene rings is 1. The molecule has 3 aromatic rings. The minimum Gasteiger partial charge on any atom is -0.462 e. The number of esters is 1. The average molecular weight is 618 g/mol. The summed E-state index contributed by atoms with van der Waals surface area (Å²) in [6.07, 6.45) is 7.80. The predicted octanol–water partition coefficient (Wildman–Crippen LogP) is 7.23. The van der Waals surface area contributed by atoms with E-state index in [-0.39, 0.29) is 35.8 Å². The van der Waals surface area contributed by atoms with Gasteiger partial charge in [-0.05, 0) is 56.5 Å². The zero-order valence-corrected chi connectivity index (χ0v) is 26.1. The summed E-state index contributed by atoms with van der Waals surface area (Å²) in [6, 6.07) is 16.0. The molecule has 0 saturated carbocycles. The number of benzene rings is 2. The Kier molecular flexibility index (Phi) is 11.8. The molecule has 2 heterocycles. The number of imide groups is 1. The molecule has 1 aromatic heterocycles. The van der Waals surface area contributed by atoms with Crippen molar-refractivity contribution in [1.82, 2.24) is 4.90 Å². The van der Waals surface area contributed by atoms with Gasteiger partial charge in [-0.1, -0.05) is 68.9 Å². The number of para-hydroxylation sites is 1. The van der Waals surface area contributed by atoms with Gasteiger partial charge < -0.3 is 15.4 Å². The molecule has 1 aliphatic heterocycles. The number of nitrogens with one attached hydrogen (secondary N) is 2. The Balaban J connectivity index is 1.15. The largest absolute Gasteiger partial charge is 0.462 e. The highest BCUT2D eigenvalue weighted by atomic mass is 32.1. The van der Waals surface area contributed by atoms with Crippen molar-refractivity contribution in [3.8, 4) is 0 Å². The van der Waals surface area contributed by atoms with Crippen LogP contribution in [0.1, 0.15) is 111 Å². The SMILES string of the molecule is CCOC(=O)c1c(NC(=O)CCCCCCCCCCN2C(=O)c3ccccc3C2=O)sc(C(=O)Nc2ccccc2)c1C. The molecule has 2 aromatic carbocycles. The summed E-state index contributed by atoms with van der Waals surface area (Å²) >= 11 is 1.07. The van der Waals surface area contributed by atoms with Gasteiger partial charge in [0.2, 0.25) is 5.91 Å². The molecule has 0 radical (unpaired) electrons. The molecule has 0 bridgehead atoms. The van der Waals surface area contributed by atoms with E-state index < -0.39 is 5.97 Å². The standard InChI is InChI=1S/C34H39N3O6S/c1-3-43-34(42)28-23(2)29(30(39)35-24-17-11-10-12-18-24)44-31(28)36-27(38)21-13-8-6-4-5-7-9-16-22-37-32(40)25-19-14-15-20-26(25)33(37)41/h10-12,14-15,17-20H,3-9,13,16,21-22H2,1-2H3,(H,35,39)(H,36,38). The van der Waals surface area contributed by atoms with Gasteiger partial charge in [0.05, 0.1) is 28.2 Å². The third kappa shape index (κ3) is 8.19. The number of ether oxygens (including phenoxy) is 1. The smallest absolute Gasteiger partial charge is 0.341 e. The maximum atomic E-state index is 13.0. The molecule has 2 N–H and O–H groups in total. The molecule has 0 fully saturated rings. The van der Waals surface area contributed by atoms with Crippen LogP contribution in [0, 0.1) is 6.92 Å². The topological polar surface area (TPSA) is 122 Å². The molecule has 0 saturated heterocycles. The van der Waals surface area contributed by atoms with Crippen molar-refractivity contribution in [2.24, 2.45) is 0 Å². The number of carbonyl (C=O) groups excluding carboxylic acids is 5. The Morgan fingerprint density at radius 1 is 0.773 bits per heavy atom. The fourth-order valence-corrected chi connectivity index (χ4v) is 6.33. The fraction of sp³-hybridized carbons (Fsp3) is 0.382. The number of unbranched alkanes of at least 4 members (excludes halogenated alkanes) is 7. The number of nitrogens with zero attached hydrogens (tertiary/aromatic N) is 1. The summed E-state index contributed by atoms with van der Waals surface area (Å²) in [5, 5.41) is 5.99. The van der Waals surface area contributed by atoms with Crippen molar-refractivity contribution in [2.75, 3.05) is 23.8 Å². The molecule has 0 unspecified atom stereocenters. The van der Waals surface area contributed by atoms with Gasteiger partial charge >= 0.3 is 5.97 Å². The first-order valence-electron chi connectivity index (χ1n) is 15.2. The van der Waals surface area contributed by atoms with Crippen LogP contribution in [0.3, 0.4) is 0 Å². The number of anilines is 2. The lowest BCUT2D eigenvalue weighted by molar-refractivity contribution is -0.116. The van der Waals surface area contributed by atoms with E-state index in [0.717, 1.165) is 56.3 Å². The van der Waals surface area contributed by atoms with Gasteiger partial charge in [0.1, 0.15) is 5.00 Å². The molecule has 0 spiro atoms. The van der Waals surface area contributed by atoms with Crippen LogP contribution >= 0.6 is 11.3 Å². The highest BCUT2D eigenvalue weighted by Gasteiger charge is 2.34. The van der Waals surface area contributed by atoms with E-state index in [1.807, 2.05) is 18.2 Å². The van der Waals surface area contributed by atoms with Crippen molar-refractivity contribution in [3.05, 3.63) is 81.7 Å². The maximum absolute atomic E-state index is 13.0. The summed E-state index contributed by atoms with van der Waals surface area (Å²) in [6.45, 7) is 4.02. The van der Waals surface area contributed by atoms with Crippen molar-refractivity contribution in [1.29, 1.82) is 0 Å². The summed E-state index contributed by atoms with van der Waals surface area (Å²) in [7, 11) is 0. The molecular weight excluding hydrogens is 578 g/mol. The van der Waals surface area contributed by atoms with E-state index >= 15 is 0 Å². The van der Waals surface area contributed by atoms with Crippen molar-refractivity contribution < 1.29 is 28.7 Å². The van der Waals surface area contributed by atoms with E-state index in [0.29, 0.717) is 51.6 Å². The normalized spacial score (nSPS) is 12.3. The van der Waals surface area contributed by atoms with Crippen LogP contribution in [0.5, 0.6) is 0 Å². The van der Waals surface area contributed by atoms with Crippen molar-refractivity contribution in [3.63, 3.8) is 0 Å². The fourth-order valence-electron chi connectivity index (χ4n) is 5.22. The molecule has 44 heavy (non-hydrogen) atoms. The summed E-state index contributed by atoms with van der Waals surface area (Å²) in [4.78, 5) is 65.0. The van der Waals surface area contributed by atoms with Gasteiger partial charge in [-0.3, -0.25) is 24.1 Å². The average Bonchev–Trinajstić information content (AvgIpc) is 3.47. The lowest BCUT2D eigenvalue weighted by Gasteiger charge is -2.13. The molecule has 1 aliphatic rings. The number of fused-ring (bicyclic) bond motifs is 1. The molecule has 0 aliphatic carbocycles. The van der Waals surface area contributed by atoms with E-state index in [4.69, 9.17) is 4.74 Å². The van der Waals surface area contributed by atoms with Gasteiger partial charge in [0.25, 0.3) is 17.7 Å². The van der Waals surface area contributed by atoms with Gasteiger partial charge in [-0.2, -0.15) is 0 Å². The number of amides is 4.